The second-order valence-electron chi connectivity index (χ2n) is 7.11. The number of hydrazone groups is 1. The molecule has 0 fully saturated rings. The zero-order valence-electron chi connectivity index (χ0n) is 18.9. The van der Waals surface area contributed by atoms with E-state index in [0.29, 0.717) is 46.4 Å². The Balaban J connectivity index is 1.64. The molecule has 0 aromatic heterocycles. The first kappa shape index (κ1) is 24.8. The van der Waals surface area contributed by atoms with E-state index in [4.69, 9.17) is 25.8 Å². The second-order valence-corrected chi connectivity index (χ2v) is 7.54. The van der Waals surface area contributed by atoms with Crippen molar-refractivity contribution in [2.45, 2.75) is 20.3 Å². The van der Waals surface area contributed by atoms with Crippen LogP contribution in [0.5, 0.6) is 17.2 Å². The van der Waals surface area contributed by atoms with Crippen molar-refractivity contribution in [3.05, 3.63) is 88.4 Å². The summed E-state index contributed by atoms with van der Waals surface area (Å²) in [5, 5.41) is 4.53. The van der Waals surface area contributed by atoms with Crippen molar-refractivity contribution in [3.8, 4) is 17.2 Å². The molecule has 0 aliphatic heterocycles. The van der Waals surface area contributed by atoms with Gasteiger partial charge in [0, 0.05) is 10.6 Å². The largest absolute Gasteiger partial charge is 0.494 e. The Morgan fingerprint density at radius 3 is 2.29 bits per heavy atom. The molecule has 1 amide bonds. The van der Waals surface area contributed by atoms with Crippen LogP contribution in [0.25, 0.3) is 0 Å². The maximum Gasteiger partial charge on any atom is 0.343 e. The third-order valence-corrected chi connectivity index (χ3v) is 4.77. The van der Waals surface area contributed by atoms with Gasteiger partial charge >= 0.3 is 5.97 Å². The van der Waals surface area contributed by atoms with E-state index in [2.05, 4.69) is 10.5 Å². The summed E-state index contributed by atoms with van der Waals surface area (Å²) in [7, 11) is 0. The highest BCUT2D eigenvalue weighted by Crippen LogP contribution is 2.29. The van der Waals surface area contributed by atoms with Gasteiger partial charge in [-0.15, -0.1) is 0 Å². The third-order valence-electron chi connectivity index (χ3n) is 4.52. The van der Waals surface area contributed by atoms with Gasteiger partial charge < -0.3 is 14.2 Å². The van der Waals surface area contributed by atoms with E-state index in [1.165, 1.54) is 6.21 Å². The Hall–Kier alpha value is -3.84. The number of ether oxygens (including phenoxy) is 3. The van der Waals surface area contributed by atoms with Gasteiger partial charge in [0.1, 0.15) is 5.75 Å². The van der Waals surface area contributed by atoms with Crippen LogP contribution in [0, 0.1) is 0 Å². The van der Waals surface area contributed by atoms with Gasteiger partial charge in [-0.2, -0.15) is 5.10 Å². The summed E-state index contributed by atoms with van der Waals surface area (Å²) >= 11 is 5.86. The second kappa shape index (κ2) is 12.4. The van der Waals surface area contributed by atoms with Crippen LogP contribution in [0.2, 0.25) is 5.02 Å². The van der Waals surface area contributed by atoms with Crippen LogP contribution in [-0.2, 0) is 0 Å². The molecule has 0 heterocycles. The molecule has 0 spiro atoms. The standard InChI is InChI=1S/C26H25ClN2O5/c1-3-15-33-22-12-8-19(9-13-22)25(30)29-28-17-18-5-14-23(24(16-18)32-4-2)34-26(31)20-6-10-21(27)11-7-20/h5-14,16-17H,3-4,15H2,1-2H3,(H,29,30)/b28-17-. The average Bonchev–Trinajstić information content (AvgIpc) is 2.85. The van der Waals surface area contributed by atoms with E-state index >= 15 is 0 Å². The fraction of sp³-hybridized carbons (Fsp3) is 0.192. The number of amides is 1. The number of hydrogen-bond donors (Lipinski definition) is 1. The molecule has 0 atom stereocenters. The molecule has 8 heteroatoms. The maximum absolute atomic E-state index is 12.4. The lowest BCUT2D eigenvalue weighted by Gasteiger charge is -2.11. The lowest BCUT2D eigenvalue weighted by molar-refractivity contribution is 0.0728. The minimum Gasteiger partial charge on any atom is -0.494 e. The molecule has 34 heavy (non-hydrogen) atoms. The monoisotopic (exact) mass is 480 g/mol. The van der Waals surface area contributed by atoms with Gasteiger partial charge in [-0.1, -0.05) is 18.5 Å². The Kier molecular flexibility index (Phi) is 9.05. The van der Waals surface area contributed by atoms with E-state index < -0.39 is 5.97 Å². The minimum atomic E-state index is -0.530. The van der Waals surface area contributed by atoms with Gasteiger partial charge in [-0.3, -0.25) is 4.79 Å². The summed E-state index contributed by atoms with van der Waals surface area (Å²) < 4.78 is 16.6. The van der Waals surface area contributed by atoms with Crippen molar-refractivity contribution in [3.63, 3.8) is 0 Å². The first-order chi connectivity index (χ1) is 16.5. The van der Waals surface area contributed by atoms with Crippen LogP contribution < -0.4 is 19.6 Å². The summed E-state index contributed by atoms with van der Waals surface area (Å²) in [4.78, 5) is 24.7. The zero-order valence-corrected chi connectivity index (χ0v) is 19.7. The van der Waals surface area contributed by atoms with Crippen LogP contribution in [0.3, 0.4) is 0 Å². The van der Waals surface area contributed by atoms with Crippen LogP contribution in [0.15, 0.2) is 71.8 Å². The first-order valence-corrected chi connectivity index (χ1v) is 11.2. The molecular formula is C26H25ClN2O5. The van der Waals surface area contributed by atoms with Crippen molar-refractivity contribution in [1.29, 1.82) is 0 Å². The normalized spacial score (nSPS) is 10.7. The average molecular weight is 481 g/mol. The molecule has 0 bridgehead atoms. The molecule has 176 valence electrons. The number of benzene rings is 3. The Labute approximate surface area is 203 Å². The molecule has 0 saturated heterocycles. The maximum atomic E-state index is 12.4. The Morgan fingerprint density at radius 1 is 0.912 bits per heavy atom. The number of carbonyl (C=O) groups is 2. The molecule has 3 aromatic carbocycles. The molecular weight excluding hydrogens is 456 g/mol. The van der Waals surface area contributed by atoms with Crippen molar-refractivity contribution >= 4 is 29.7 Å². The van der Waals surface area contributed by atoms with E-state index in [1.807, 2.05) is 13.8 Å². The lowest BCUT2D eigenvalue weighted by Crippen LogP contribution is -2.17. The number of rotatable bonds is 10. The summed E-state index contributed by atoms with van der Waals surface area (Å²) in [6, 6.07) is 18.2. The SMILES string of the molecule is CCCOc1ccc(C(=O)N/N=C\c2ccc(OC(=O)c3ccc(Cl)cc3)c(OCC)c2)cc1. The highest BCUT2D eigenvalue weighted by atomic mass is 35.5. The third kappa shape index (κ3) is 7.08. The van der Waals surface area contributed by atoms with Crippen LogP contribution >= 0.6 is 11.6 Å². The van der Waals surface area contributed by atoms with Crippen LogP contribution in [0.4, 0.5) is 0 Å². The first-order valence-electron chi connectivity index (χ1n) is 10.8. The fourth-order valence-corrected chi connectivity index (χ4v) is 2.98. The van der Waals surface area contributed by atoms with Gasteiger partial charge in [0.15, 0.2) is 11.5 Å². The zero-order chi connectivity index (χ0) is 24.3. The highest BCUT2D eigenvalue weighted by molar-refractivity contribution is 6.30. The van der Waals surface area contributed by atoms with Crippen LogP contribution in [0.1, 0.15) is 46.5 Å². The number of hydrogen-bond acceptors (Lipinski definition) is 6. The quantitative estimate of drug-likeness (QED) is 0.179. The Bertz CT molecular complexity index is 1140. The predicted molar refractivity (Wildman–Crippen MR) is 131 cm³/mol. The van der Waals surface area contributed by atoms with Crippen molar-refractivity contribution in [2.24, 2.45) is 5.10 Å². The lowest BCUT2D eigenvalue weighted by atomic mass is 10.2. The van der Waals surface area contributed by atoms with E-state index in [1.54, 1.807) is 66.7 Å². The topological polar surface area (TPSA) is 86.2 Å². The number of halogens is 1. The Morgan fingerprint density at radius 2 is 1.62 bits per heavy atom. The van der Waals surface area contributed by atoms with Gasteiger partial charge in [-0.25, -0.2) is 10.2 Å². The van der Waals surface area contributed by atoms with E-state index in [-0.39, 0.29) is 11.7 Å². The predicted octanol–water partition coefficient (Wildman–Crippen LogP) is 5.51. The molecule has 0 saturated carbocycles. The fourth-order valence-electron chi connectivity index (χ4n) is 2.85. The van der Waals surface area contributed by atoms with Crippen LogP contribution in [-0.4, -0.2) is 31.3 Å². The van der Waals surface area contributed by atoms with E-state index in [9.17, 15) is 9.59 Å². The number of nitrogens with one attached hydrogen (secondary N) is 1. The summed E-state index contributed by atoms with van der Waals surface area (Å²) in [6.45, 7) is 4.85. The van der Waals surface area contributed by atoms with Gasteiger partial charge in [-0.05, 0) is 85.6 Å². The molecule has 0 radical (unpaired) electrons. The summed E-state index contributed by atoms with van der Waals surface area (Å²) in [5.74, 6) is 0.479. The van der Waals surface area contributed by atoms with Crippen molar-refractivity contribution in [2.75, 3.05) is 13.2 Å². The smallest absolute Gasteiger partial charge is 0.343 e. The van der Waals surface area contributed by atoms with Gasteiger partial charge in [0.05, 0.1) is 25.0 Å². The number of esters is 1. The van der Waals surface area contributed by atoms with Gasteiger partial charge in [0.2, 0.25) is 0 Å². The number of nitrogens with zero attached hydrogens (tertiary/aromatic N) is 1. The molecule has 0 unspecified atom stereocenters. The summed E-state index contributed by atoms with van der Waals surface area (Å²) in [5.41, 5.74) is 3.96. The van der Waals surface area contributed by atoms with Crippen molar-refractivity contribution < 1.29 is 23.8 Å². The molecule has 1 N–H and O–H groups in total. The summed E-state index contributed by atoms with van der Waals surface area (Å²) in [6.07, 6.45) is 2.39. The van der Waals surface area contributed by atoms with Gasteiger partial charge in [0.25, 0.3) is 5.91 Å². The molecule has 0 aliphatic rings. The highest BCUT2D eigenvalue weighted by Gasteiger charge is 2.13. The molecule has 3 aromatic rings. The molecule has 3 rings (SSSR count). The van der Waals surface area contributed by atoms with E-state index in [0.717, 1.165) is 6.42 Å². The minimum absolute atomic E-state index is 0.272. The number of carbonyl (C=O) groups excluding carboxylic acids is 2. The van der Waals surface area contributed by atoms with Crippen molar-refractivity contribution in [1.82, 2.24) is 5.43 Å². The molecule has 7 nitrogen and oxygen atoms in total. The molecule has 0 aliphatic carbocycles.